The van der Waals surface area contributed by atoms with Crippen molar-refractivity contribution >= 4 is 38.5 Å². The lowest BCUT2D eigenvalue weighted by Crippen LogP contribution is -2.58. The molecule has 13 nitrogen and oxygen atoms in total. The number of pyridine rings is 1. The molecule has 3 amide bonds. The zero-order valence-corrected chi connectivity index (χ0v) is 30.4. The van der Waals surface area contributed by atoms with Crippen LogP contribution in [0.15, 0.2) is 42.6 Å². The van der Waals surface area contributed by atoms with Crippen LogP contribution in [0.5, 0.6) is 0 Å². The minimum absolute atomic E-state index is 0.0246. The fourth-order valence-corrected chi connectivity index (χ4v) is 5.65. The predicted octanol–water partition coefficient (Wildman–Crippen LogP) is 6.45. The van der Waals surface area contributed by atoms with Gasteiger partial charge in [-0.2, -0.15) is 4.90 Å². The lowest BCUT2D eigenvalue weighted by molar-refractivity contribution is -0.155. The third-order valence-electron chi connectivity index (χ3n) is 6.80. The second kappa shape index (κ2) is 16.8. The van der Waals surface area contributed by atoms with Gasteiger partial charge in [-0.1, -0.05) is 54.8 Å². The molecule has 0 radical (unpaired) electrons. The zero-order valence-electron chi connectivity index (χ0n) is 29.4. The summed E-state index contributed by atoms with van der Waals surface area (Å²) in [7, 11) is -1.47. The fraction of sp³-hybridized carbons (Fsp3) is 0.559. The summed E-state index contributed by atoms with van der Waals surface area (Å²) in [4.78, 5) is 57.6. The van der Waals surface area contributed by atoms with Gasteiger partial charge in [0.15, 0.2) is 5.82 Å². The molecule has 0 saturated carbocycles. The van der Waals surface area contributed by atoms with E-state index in [0.29, 0.717) is 16.0 Å². The first-order chi connectivity index (χ1) is 22.2. The Hall–Kier alpha value is -4.09. The molecular formula is C34H49N3O10P+. The van der Waals surface area contributed by atoms with Crippen LogP contribution in [0.2, 0.25) is 0 Å². The number of amides is 3. The molecule has 4 atom stereocenters. The third-order valence-corrected chi connectivity index (χ3v) is 7.79. The number of nitrogens with zero attached hydrogens (tertiary/aromatic N) is 2. The molecule has 0 aliphatic carbocycles. The molecule has 0 saturated heterocycles. The van der Waals surface area contributed by atoms with Gasteiger partial charge in [0.1, 0.15) is 29.8 Å². The maximum Gasteiger partial charge on any atom is 0.425 e. The molecule has 1 heterocycles. The first-order valence-corrected chi connectivity index (χ1v) is 16.6. The lowest BCUT2D eigenvalue weighted by Gasteiger charge is -2.33. The number of rotatable bonds is 12. The number of alkyl carbamates (subject to hydrolysis) is 1. The van der Waals surface area contributed by atoms with Crippen molar-refractivity contribution in [2.45, 2.75) is 105 Å². The number of esters is 1. The van der Waals surface area contributed by atoms with Crippen molar-refractivity contribution < 1.29 is 47.8 Å². The molecule has 2 aromatic rings. The number of nitrogens with one attached hydrogen (secondary N) is 1. The minimum atomic E-state index is -2.29. The Kier molecular flexibility index (Phi) is 14.1. The number of aromatic nitrogens is 1. The average Bonchev–Trinajstić information content (AvgIpc) is 2.97. The van der Waals surface area contributed by atoms with E-state index in [0.717, 1.165) is 5.56 Å². The number of imide groups is 1. The van der Waals surface area contributed by atoms with Gasteiger partial charge >= 0.3 is 32.7 Å². The van der Waals surface area contributed by atoms with Gasteiger partial charge in [-0.15, -0.1) is 0 Å². The first kappa shape index (κ1) is 40.1. The molecule has 14 heteroatoms. The summed E-state index contributed by atoms with van der Waals surface area (Å²) in [5, 5.41) is 12.3. The second-order valence-electron chi connectivity index (χ2n) is 13.6. The lowest BCUT2D eigenvalue weighted by atomic mass is 9.84. The molecule has 2 N–H and O–H groups in total. The molecule has 0 aliphatic rings. The highest BCUT2D eigenvalue weighted by atomic mass is 31.1. The molecule has 0 bridgehead atoms. The monoisotopic (exact) mass is 690 g/mol. The number of aryl methyl sites for hydroxylation is 1. The Morgan fingerprint density at radius 2 is 1.50 bits per heavy atom. The van der Waals surface area contributed by atoms with Crippen molar-refractivity contribution in [1.29, 1.82) is 0 Å². The molecule has 1 aromatic heterocycles. The van der Waals surface area contributed by atoms with Gasteiger partial charge < -0.3 is 29.4 Å². The van der Waals surface area contributed by atoms with E-state index < -0.39 is 67.1 Å². The fourth-order valence-electron chi connectivity index (χ4n) is 4.76. The van der Waals surface area contributed by atoms with Gasteiger partial charge in [0.05, 0.1) is 6.61 Å². The van der Waals surface area contributed by atoms with Crippen LogP contribution in [0.4, 0.5) is 20.2 Å². The Balaban J connectivity index is 2.49. The van der Waals surface area contributed by atoms with Gasteiger partial charge in [-0.25, -0.2) is 19.4 Å². The maximum atomic E-state index is 13.4. The topological polar surface area (TPSA) is 171 Å². The summed E-state index contributed by atoms with van der Waals surface area (Å²) in [5.74, 6) is -2.86. The summed E-state index contributed by atoms with van der Waals surface area (Å²) < 4.78 is 34.4. The number of hydrogen-bond acceptors (Lipinski definition) is 11. The number of ether oxygens (including phenoxy) is 4. The highest BCUT2D eigenvalue weighted by Gasteiger charge is 2.57. The SMILES string of the molecule is CCOC(=O)C(Cc1cnc(N(C(=O)OC(C)(C)C)C(=O)OC(C)(C)C)c(C)c1)C(O)([PH+]=O)C(NC(=O)OCc1ccccc1)C(C)C. The van der Waals surface area contributed by atoms with Crippen LogP contribution < -0.4 is 10.2 Å². The number of benzene rings is 1. The summed E-state index contributed by atoms with van der Waals surface area (Å²) in [6.45, 7) is 16.4. The van der Waals surface area contributed by atoms with Crippen molar-refractivity contribution in [2.24, 2.45) is 11.8 Å². The van der Waals surface area contributed by atoms with E-state index in [1.807, 2.05) is 6.07 Å². The zero-order chi connectivity index (χ0) is 36.4. The van der Waals surface area contributed by atoms with Crippen LogP contribution in [0.25, 0.3) is 0 Å². The van der Waals surface area contributed by atoms with Crippen LogP contribution in [0, 0.1) is 18.8 Å². The Labute approximate surface area is 283 Å². The summed E-state index contributed by atoms with van der Waals surface area (Å²) in [5.41, 5.74) is -0.411. The van der Waals surface area contributed by atoms with Gasteiger partial charge in [0.2, 0.25) is 0 Å². The van der Waals surface area contributed by atoms with Crippen LogP contribution in [0.3, 0.4) is 0 Å². The molecule has 0 spiro atoms. The van der Waals surface area contributed by atoms with E-state index in [2.05, 4.69) is 10.3 Å². The van der Waals surface area contributed by atoms with Crippen LogP contribution in [0.1, 0.15) is 79.0 Å². The van der Waals surface area contributed by atoms with Crippen LogP contribution in [-0.4, -0.2) is 63.5 Å². The number of carbonyl (C=O) groups is 4. The minimum Gasteiger partial charge on any atom is -0.466 e. The van der Waals surface area contributed by atoms with Gasteiger partial charge in [-0.3, -0.25) is 4.79 Å². The van der Waals surface area contributed by atoms with Gasteiger partial charge in [0.25, 0.3) is 5.34 Å². The van der Waals surface area contributed by atoms with Crippen molar-refractivity contribution in [3.8, 4) is 0 Å². The van der Waals surface area contributed by atoms with Crippen molar-refractivity contribution in [3.63, 3.8) is 0 Å². The first-order valence-electron chi connectivity index (χ1n) is 15.7. The molecule has 2 rings (SSSR count). The number of hydrogen-bond donors (Lipinski definition) is 2. The second-order valence-corrected chi connectivity index (χ2v) is 14.6. The van der Waals surface area contributed by atoms with E-state index >= 15 is 0 Å². The van der Waals surface area contributed by atoms with Gasteiger partial charge in [0, 0.05) is 6.20 Å². The van der Waals surface area contributed by atoms with E-state index in [9.17, 15) is 28.8 Å². The molecular weight excluding hydrogens is 641 g/mol. The predicted molar refractivity (Wildman–Crippen MR) is 180 cm³/mol. The molecule has 48 heavy (non-hydrogen) atoms. The summed E-state index contributed by atoms with van der Waals surface area (Å²) in [6.07, 6.45) is -1.78. The smallest absolute Gasteiger partial charge is 0.425 e. The standard InChI is InChI=1S/C34H48N3O10P/c1-11-44-28(38)25(34(42,48-43)26(21(2)3)36-29(39)45-20-23-15-13-12-14-16-23)18-24-17-22(4)27(35-19-24)37(30(40)46-32(5,6)7)31(41)47-33(8,9)10/h12-17,19,21,25-26,42H,11,18,20H2,1-10H3,(H,36,39)/p+1. The number of carbonyl (C=O) groups excluding carboxylic acids is 4. The normalized spacial score (nSPS) is 14.3. The molecule has 4 unspecified atom stereocenters. The molecule has 264 valence electrons. The highest BCUT2D eigenvalue weighted by molar-refractivity contribution is 7.25. The van der Waals surface area contributed by atoms with Gasteiger partial charge in [-0.05, 0) is 84.4 Å². The Bertz CT molecular complexity index is 1410. The van der Waals surface area contributed by atoms with E-state index in [4.69, 9.17) is 18.9 Å². The average molecular weight is 691 g/mol. The summed E-state index contributed by atoms with van der Waals surface area (Å²) >= 11 is 0. The molecule has 1 aromatic carbocycles. The number of aliphatic hydroxyl groups is 1. The maximum absolute atomic E-state index is 13.4. The third kappa shape index (κ3) is 11.6. The number of anilines is 1. The summed E-state index contributed by atoms with van der Waals surface area (Å²) in [6, 6.07) is 9.34. The van der Waals surface area contributed by atoms with Crippen LogP contribution in [-0.2, 0) is 41.3 Å². The Morgan fingerprint density at radius 3 is 1.96 bits per heavy atom. The quantitative estimate of drug-likeness (QED) is 0.142. The van der Waals surface area contributed by atoms with E-state index in [-0.39, 0.29) is 25.5 Å². The molecule has 0 fully saturated rings. The van der Waals surface area contributed by atoms with Crippen LogP contribution >= 0.6 is 8.46 Å². The van der Waals surface area contributed by atoms with E-state index in [1.54, 1.807) is 99.6 Å². The van der Waals surface area contributed by atoms with Crippen molar-refractivity contribution in [1.82, 2.24) is 10.3 Å². The Morgan fingerprint density at radius 1 is 0.938 bits per heavy atom. The van der Waals surface area contributed by atoms with Crippen molar-refractivity contribution in [2.75, 3.05) is 11.5 Å². The van der Waals surface area contributed by atoms with E-state index in [1.165, 1.54) is 6.20 Å². The highest BCUT2D eigenvalue weighted by Crippen LogP contribution is 2.39. The molecule has 0 aliphatic heterocycles. The largest absolute Gasteiger partial charge is 0.466 e. The van der Waals surface area contributed by atoms with Crippen molar-refractivity contribution in [3.05, 3.63) is 59.3 Å².